The number of rotatable bonds is 4. The fourth-order valence-corrected chi connectivity index (χ4v) is 4.11. The summed E-state index contributed by atoms with van der Waals surface area (Å²) in [6.07, 6.45) is 2.42. The minimum Gasteiger partial charge on any atom is -0.358 e. The number of aromatic nitrogens is 4. The van der Waals surface area contributed by atoms with Crippen LogP contribution in [0.4, 0.5) is 19.0 Å². The Hall–Kier alpha value is -3.88. The fourth-order valence-electron chi connectivity index (χ4n) is 4.11. The summed E-state index contributed by atoms with van der Waals surface area (Å²) < 4.78 is 42.9. The average molecular weight is 451 g/mol. The van der Waals surface area contributed by atoms with Crippen LogP contribution in [-0.4, -0.2) is 31.6 Å². The number of fused-ring (bicyclic) bond motifs is 4. The number of benzene rings is 1. The molecule has 0 bridgehead atoms. The molecular weight excluding hydrogens is 431 g/mol. The van der Waals surface area contributed by atoms with Crippen LogP contribution < -0.4 is 10.9 Å². The van der Waals surface area contributed by atoms with Gasteiger partial charge in [0.15, 0.2) is 0 Å². The molecule has 0 amide bonds. The number of halogens is 3. The Morgan fingerprint density at radius 3 is 2.61 bits per heavy atom. The van der Waals surface area contributed by atoms with Crippen LogP contribution in [0.5, 0.6) is 0 Å². The van der Waals surface area contributed by atoms with Crippen molar-refractivity contribution >= 4 is 33.1 Å². The predicted molar refractivity (Wildman–Crippen MR) is 122 cm³/mol. The van der Waals surface area contributed by atoms with Gasteiger partial charge in [-0.25, -0.2) is 9.97 Å². The molecule has 0 saturated carbocycles. The van der Waals surface area contributed by atoms with Crippen molar-refractivity contribution in [3.63, 3.8) is 0 Å². The van der Waals surface area contributed by atoms with Gasteiger partial charge in [-0.15, -0.1) is 0 Å². The summed E-state index contributed by atoms with van der Waals surface area (Å²) in [6, 6.07) is 8.93. The molecule has 4 heterocycles. The molecule has 9 heteroatoms. The quantitative estimate of drug-likeness (QED) is 0.359. The largest absolute Gasteiger partial charge is 0.408 e. The van der Waals surface area contributed by atoms with Gasteiger partial charge in [0.1, 0.15) is 17.5 Å². The molecular formula is C24H20F3N5O. The van der Waals surface area contributed by atoms with E-state index in [1.54, 1.807) is 18.3 Å². The maximum atomic E-state index is 13.7. The topological polar surface area (TPSA) is 75.1 Å². The van der Waals surface area contributed by atoms with Crippen molar-refractivity contribution in [3.05, 3.63) is 71.5 Å². The predicted octanol–water partition coefficient (Wildman–Crippen LogP) is 5.39. The Balaban J connectivity index is 1.74. The van der Waals surface area contributed by atoms with Crippen molar-refractivity contribution in [1.82, 2.24) is 19.4 Å². The number of nitrogens with one attached hydrogen (secondary N) is 2. The first-order valence-corrected chi connectivity index (χ1v) is 10.4. The molecule has 4 aromatic heterocycles. The van der Waals surface area contributed by atoms with Crippen LogP contribution in [0.25, 0.3) is 38.4 Å². The lowest BCUT2D eigenvalue weighted by atomic mass is 9.99. The van der Waals surface area contributed by atoms with Gasteiger partial charge in [-0.3, -0.25) is 4.79 Å². The summed E-state index contributed by atoms with van der Waals surface area (Å²) in [5.41, 5.74) is 2.46. The first-order chi connectivity index (χ1) is 15.7. The highest BCUT2D eigenvalue weighted by molar-refractivity contribution is 6.11. The molecule has 0 saturated heterocycles. The van der Waals surface area contributed by atoms with E-state index in [0.717, 1.165) is 16.8 Å². The normalized spacial score (nSPS) is 13.3. The van der Waals surface area contributed by atoms with E-state index < -0.39 is 18.1 Å². The summed E-state index contributed by atoms with van der Waals surface area (Å²) in [7, 11) is 0. The minimum absolute atomic E-state index is 0.0933. The van der Waals surface area contributed by atoms with Crippen LogP contribution in [0.15, 0.2) is 66.0 Å². The molecule has 2 N–H and O–H groups in total. The van der Waals surface area contributed by atoms with Crippen molar-refractivity contribution in [3.8, 4) is 11.1 Å². The van der Waals surface area contributed by atoms with Crippen LogP contribution in [0.2, 0.25) is 0 Å². The van der Waals surface area contributed by atoms with E-state index in [4.69, 9.17) is 0 Å². The van der Waals surface area contributed by atoms with E-state index >= 15 is 0 Å². The smallest absolute Gasteiger partial charge is 0.358 e. The molecule has 0 aliphatic carbocycles. The van der Waals surface area contributed by atoms with E-state index in [1.165, 1.54) is 20.0 Å². The lowest BCUT2D eigenvalue weighted by molar-refractivity contribution is -0.150. The van der Waals surface area contributed by atoms with E-state index in [2.05, 4.69) is 20.3 Å². The zero-order valence-electron chi connectivity index (χ0n) is 17.8. The molecule has 0 radical (unpaired) electrons. The molecule has 0 unspecified atom stereocenters. The maximum Gasteiger partial charge on any atom is 0.408 e. The number of aromatic amines is 1. The second kappa shape index (κ2) is 7.61. The van der Waals surface area contributed by atoms with Crippen LogP contribution in [0.1, 0.15) is 13.8 Å². The molecule has 33 heavy (non-hydrogen) atoms. The van der Waals surface area contributed by atoms with Gasteiger partial charge in [-0.05, 0) is 41.3 Å². The zero-order valence-corrected chi connectivity index (χ0v) is 17.8. The highest BCUT2D eigenvalue weighted by Gasteiger charge is 2.42. The van der Waals surface area contributed by atoms with E-state index in [0.29, 0.717) is 21.7 Å². The number of pyridine rings is 3. The van der Waals surface area contributed by atoms with Crippen molar-refractivity contribution in [2.75, 3.05) is 5.32 Å². The average Bonchev–Trinajstić information content (AvgIpc) is 3.23. The zero-order chi connectivity index (χ0) is 23.3. The van der Waals surface area contributed by atoms with E-state index in [9.17, 15) is 18.0 Å². The second-order valence-electron chi connectivity index (χ2n) is 8.31. The summed E-state index contributed by atoms with van der Waals surface area (Å²) >= 11 is 0. The molecule has 5 aromatic rings. The third kappa shape index (κ3) is 3.69. The number of hydrogen-bond acceptors (Lipinski definition) is 4. The molecule has 0 aliphatic rings. The lowest BCUT2D eigenvalue weighted by Gasteiger charge is -2.26. The molecule has 0 aliphatic heterocycles. The summed E-state index contributed by atoms with van der Waals surface area (Å²) in [6.45, 7) is 3.01. The first-order valence-electron chi connectivity index (χ1n) is 10.4. The third-order valence-corrected chi connectivity index (χ3v) is 5.75. The summed E-state index contributed by atoms with van der Waals surface area (Å²) in [5.74, 6) is -0.617. The Labute approximate surface area is 186 Å². The van der Waals surface area contributed by atoms with Gasteiger partial charge in [0.25, 0.3) is 5.56 Å². The Kier molecular flexibility index (Phi) is 4.84. The Morgan fingerprint density at radius 2 is 1.85 bits per heavy atom. The van der Waals surface area contributed by atoms with Crippen molar-refractivity contribution < 1.29 is 13.2 Å². The summed E-state index contributed by atoms with van der Waals surface area (Å²) in [4.78, 5) is 23.9. The van der Waals surface area contributed by atoms with Crippen LogP contribution in [-0.2, 0) is 0 Å². The van der Waals surface area contributed by atoms with Crippen LogP contribution >= 0.6 is 0 Å². The van der Waals surface area contributed by atoms with Crippen LogP contribution in [0.3, 0.4) is 0 Å². The maximum absolute atomic E-state index is 13.7. The molecule has 168 valence electrons. The number of alkyl halides is 3. The number of anilines is 1. The Bertz CT molecular complexity index is 1550. The van der Waals surface area contributed by atoms with Crippen molar-refractivity contribution in [2.45, 2.75) is 26.1 Å². The molecule has 6 nitrogen and oxygen atoms in total. The molecule has 1 aromatic carbocycles. The van der Waals surface area contributed by atoms with Gasteiger partial charge in [-0.1, -0.05) is 26.0 Å². The molecule has 1 atom stereocenters. The number of hydrogen-bond donors (Lipinski definition) is 2. The third-order valence-electron chi connectivity index (χ3n) is 5.75. The van der Waals surface area contributed by atoms with Crippen molar-refractivity contribution in [1.29, 1.82) is 0 Å². The van der Waals surface area contributed by atoms with Gasteiger partial charge in [0, 0.05) is 35.6 Å². The summed E-state index contributed by atoms with van der Waals surface area (Å²) in [5, 5.41) is 3.89. The van der Waals surface area contributed by atoms with Gasteiger partial charge < -0.3 is 14.7 Å². The monoisotopic (exact) mass is 451 g/mol. The van der Waals surface area contributed by atoms with Crippen molar-refractivity contribution in [2.24, 2.45) is 5.92 Å². The number of imidazole rings is 1. The highest BCUT2D eigenvalue weighted by Crippen LogP contribution is 2.35. The van der Waals surface area contributed by atoms with E-state index in [1.807, 2.05) is 41.1 Å². The van der Waals surface area contributed by atoms with Crippen LogP contribution in [0, 0.1) is 5.92 Å². The highest BCUT2D eigenvalue weighted by atomic mass is 19.4. The lowest BCUT2D eigenvalue weighted by Crippen LogP contribution is -2.40. The van der Waals surface area contributed by atoms with E-state index in [-0.39, 0.29) is 11.4 Å². The number of H-pyrrole nitrogens is 1. The molecule has 5 rings (SSSR count). The first kappa shape index (κ1) is 21.0. The standard InChI is InChI=1S/C24H20F3N5O/c1-13(2)21(24(25,26)27)31-22-16-5-3-14(15-4-6-19-28-9-10-32(19)12-15)11-17(16)20-18(30-22)7-8-29-23(20)33/h3-13,21H,1-2H3,(H,29,33)(H,30,31)/t21-/m1/s1. The molecule has 0 fully saturated rings. The molecule has 0 spiro atoms. The fraction of sp³-hybridized carbons (Fsp3) is 0.208. The van der Waals surface area contributed by atoms with Gasteiger partial charge in [-0.2, -0.15) is 13.2 Å². The minimum atomic E-state index is -4.45. The Morgan fingerprint density at radius 1 is 1.06 bits per heavy atom. The van der Waals surface area contributed by atoms with Gasteiger partial charge in [0.05, 0.1) is 10.9 Å². The number of nitrogens with zero attached hydrogens (tertiary/aromatic N) is 3. The second-order valence-corrected chi connectivity index (χ2v) is 8.31. The SMILES string of the molecule is CC(C)[C@@H](Nc1nc2cc[nH]c(=O)c2c2cc(-c3ccc4nccn4c3)ccc12)C(F)(F)F. The van der Waals surface area contributed by atoms with Gasteiger partial charge >= 0.3 is 6.18 Å². The van der Waals surface area contributed by atoms with Gasteiger partial charge in [0.2, 0.25) is 0 Å².